The molecular formula is C26H29Cl2N4O4+. The highest BCUT2D eigenvalue weighted by molar-refractivity contribution is 6.35. The average molecular weight is 532 g/mol. The van der Waals surface area contributed by atoms with Gasteiger partial charge in [-0.3, -0.25) is 9.69 Å². The first-order valence-corrected chi connectivity index (χ1v) is 12.7. The number of piperazine rings is 1. The Balaban J connectivity index is 1.22. The van der Waals surface area contributed by atoms with Crippen LogP contribution in [0.15, 0.2) is 61.2 Å². The van der Waals surface area contributed by atoms with Crippen LogP contribution in [0.4, 0.5) is 5.69 Å². The number of ether oxygens (including phenoxy) is 3. The Morgan fingerprint density at radius 1 is 1.19 bits per heavy atom. The van der Waals surface area contributed by atoms with E-state index < -0.39 is 5.79 Å². The summed E-state index contributed by atoms with van der Waals surface area (Å²) in [4.78, 5) is 19.0. The molecule has 0 bridgehead atoms. The number of nitrogens with one attached hydrogen (secondary N) is 1. The van der Waals surface area contributed by atoms with Crippen molar-refractivity contribution in [2.75, 3.05) is 39.4 Å². The molecule has 2 atom stereocenters. The van der Waals surface area contributed by atoms with Crippen LogP contribution in [0, 0.1) is 0 Å². The topological polar surface area (TPSA) is 70.3 Å². The highest BCUT2D eigenvalue weighted by Gasteiger charge is 2.45. The van der Waals surface area contributed by atoms with Crippen molar-refractivity contribution in [2.45, 2.75) is 25.4 Å². The van der Waals surface area contributed by atoms with E-state index in [0.717, 1.165) is 31.9 Å². The lowest BCUT2D eigenvalue weighted by Crippen LogP contribution is -3.10. The van der Waals surface area contributed by atoms with E-state index in [-0.39, 0.29) is 12.0 Å². The molecule has 2 fully saturated rings. The van der Waals surface area contributed by atoms with Gasteiger partial charge in [-0.2, -0.15) is 0 Å². The SMILES string of the molecule is CC(=O)N1CC[NH+](c2ccc(OCC3COC(Cn4ccnc4)(c4ccc(Cl)cc4Cl)O3)cc2)CC1. The molecule has 1 aromatic heterocycles. The lowest BCUT2D eigenvalue weighted by atomic mass is 10.1. The van der Waals surface area contributed by atoms with Gasteiger partial charge in [0.25, 0.3) is 0 Å². The molecule has 2 aliphatic heterocycles. The third-order valence-electron chi connectivity index (χ3n) is 6.66. The fraction of sp³-hybridized carbons (Fsp3) is 0.385. The number of amides is 1. The van der Waals surface area contributed by atoms with Gasteiger partial charge in [-0.1, -0.05) is 29.3 Å². The molecule has 36 heavy (non-hydrogen) atoms. The Labute approximate surface area is 220 Å². The van der Waals surface area contributed by atoms with Gasteiger partial charge in [-0.25, -0.2) is 4.98 Å². The van der Waals surface area contributed by atoms with Crippen LogP contribution >= 0.6 is 23.2 Å². The minimum absolute atomic E-state index is 0.142. The first-order chi connectivity index (χ1) is 17.4. The Hall–Kier alpha value is -2.62. The van der Waals surface area contributed by atoms with Gasteiger partial charge in [0.2, 0.25) is 11.7 Å². The summed E-state index contributed by atoms with van der Waals surface area (Å²) in [5, 5.41) is 1.02. The van der Waals surface area contributed by atoms with Crippen molar-refractivity contribution in [3.05, 3.63) is 76.8 Å². The standard InChI is InChI=1S/C26H28Cl2N4O4/c1-19(33)31-10-12-32(13-11-31)21-3-5-22(6-4-21)34-15-23-16-35-26(36-23,17-30-9-8-29-18-30)24-7-2-20(27)14-25(24)28/h2-9,14,18,23H,10-13,15-17H2,1H3/p+1. The largest absolute Gasteiger partial charge is 0.491 e. The van der Waals surface area contributed by atoms with Gasteiger partial charge in [0.15, 0.2) is 0 Å². The molecule has 3 heterocycles. The van der Waals surface area contributed by atoms with E-state index in [4.69, 9.17) is 37.4 Å². The van der Waals surface area contributed by atoms with Gasteiger partial charge in [-0.05, 0) is 24.3 Å². The number of aromatic nitrogens is 2. The maximum atomic E-state index is 11.6. The van der Waals surface area contributed by atoms with E-state index in [1.54, 1.807) is 31.6 Å². The smallest absolute Gasteiger partial charge is 0.219 e. The number of rotatable bonds is 7. The highest BCUT2D eigenvalue weighted by Crippen LogP contribution is 2.40. The Morgan fingerprint density at radius 3 is 2.64 bits per heavy atom. The summed E-state index contributed by atoms with van der Waals surface area (Å²) in [6, 6.07) is 13.4. The zero-order valence-electron chi connectivity index (χ0n) is 20.0. The first-order valence-electron chi connectivity index (χ1n) is 12.0. The van der Waals surface area contributed by atoms with Gasteiger partial charge in [0, 0.05) is 42.0 Å². The number of carbonyl (C=O) groups is 1. The molecule has 2 unspecified atom stereocenters. The molecule has 8 nitrogen and oxygen atoms in total. The van der Waals surface area contributed by atoms with E-state index >= 15 is 0 Å². The second-order valence-corrected chi connectivity index (χ2v) is 9.95. The average Bonchev–Trinajstić information content (AvgIpc) is 3.54. The monoisotopic (exact) mass is 531 g/mol. The molecule has 0 spiro atoms. The predicted molar refractivity (Wildman–Crippen MR) is 136 cm³/mol. The van der Waals surface area contributed by atoms with Crippen LogP contribution in [0.25, 0.3) is 0 Å². The van der Waals surface area contributed by atoms with E-state index in [1.165, 1.54) is 10.6 Å². The fourth-order valence-electron chi connectivity index (χ4n) is 4.73. The third kappa shape index (κ3) is 5.53. The number of imidazole rings is 1. The number of hydrogen-bond acceptors (Lipinski definition) is 5. The number of nitrogens with zero attached hydrogens (tertiary/aromatic N) is 3. The van der Waals surface area contributed by atoms with Gasteiger partial charge >= 0.3 is 0 Å². The van der Waals surface area contributed by atoms with Crippen LogP contribution in [0.5, 0.6) is 5.75 Å². The minimum atomic E-state index is -1.08. The normalized spacial score (nSPS) is 22.6. The molecule has 5 rings (SSSR count). The van der Waals surface area contributed by atoms with Crippen molar-refractivity contribution >= 4 is 34.8 Å². The van der Waals surface area contributed by atoms with Gasteiger partial charge in [-0.15, -0.1) is 0 Å². The van der Waals surface area contributed by atoms with Gasteiger partial charge in [0.05, 0.1) is 50.7 Å². The molecule has 2 saturated heterocycles. The van der Waals surface area contributed by atoms with E-state index in [9.17, 15) is 4.79 Å². The van der Waals surface area contributed by atoms with Crippen molar-refractivity contribution in [2.24, 2.45) is 0 Å². The molecule has 10 heteroatoms. The molecule has 190 valence electrons. The van der Waals surface area contributed by atoms with Crippen molar-refractivity contribution < 1.29 is 23.9 Å². The van der Waals surface area contributed by atoms with Crippen LogP contribution in [0.3, 0.4) is 0 Å². The Morgan fingerprint density at radius 2 is 1.97 bits per heavy atom. The number of halogens is 2. The second-order valence-electron chi connectivity index (χ2n) is 9.11. The molecule has 1 N–H and O–H groups in total. The summed E-state index contributed by atoms with van der Waals surface area (Å²) in [5.41, 5.74) is 1.91. The molecule has 0 aliphatic carbocycles. The number of quaternary nitrogens is 1. The molecule has 3 aromatic rings. The number of hydrogen-bond donors (Lipinski definition) is 1. The molecule has 2 aliphatic rings. The second kappa shape index (κ2) is 10.8. The third-order valence-corrected chi connectivity index (χ3v) is 7.21. The van der Waals surface area contributed by atoms with Crippen molar-refractivity contribution in [3.63, 3.8) is 0 Å². The van der Waals surface area contributed by atoms with Crippen LogP contribution in [-0.2, 0) is 26.6 Å². The van der Waals surface area contributed by atoms with Crippen molar-refractivity contribution in [1.29, 1.82) is 0 Å². The maximum absolute atomic E-state index is 11.6. The molecule has 1 amide bonds. The zero-order valence-corrected chi connectivity index (χ0v) is 21.5. The first kappa shape index (κ1) is 25.0. The molecular weight excluding hydrogens is 503 g/mol. The number of benzene rings is 2. The maximum Gasteiger partial charge on any atom is 0.219 e. The minimum Gasteiger partial charge on any atom is -0.491 e. The van der Waals surface area contributed by atoms with Crippen LogP contribution in [0.1, 0.15) is 12.5 Å². The molecule has 0 saturated carbocycles. The van der Waals surface area contributed by atoms with Crippen LogP contribution < -0.4 is 9.64 Å². The number of carbonyl (C=O) groups excluding carboxylic acids is 1. The van der Waals surface area contributed by atoms with Crippen LogP contribution in [0.2, 0.25) is 10.0 Å². The van der Waals surface area contributed by atoms with Crippen molar-refractivity contribution in [3.8, 4) is 5.75 Å². The summed E-state index contributed by atoms with van der Waals surface area (Å²) < 4.78 is 20.6. The summed E-state index contributed by atoms with van der Waals surface area (Å²) >= 11 is 12.7. The van der Waals surface area contributed by atoms with Gasteiger partial charge in [0.1, 0.15) is 24.1 Å². The van der Waals surface area contributed by atoms with Crippen LogP contribution in [-0.4, -0.2) is 65.9 Å². The highest BCUT2D eigenvalue weighted by atomic mass is 35.5. The molecule has 2 aromatic carbocycles. The summed E-state index contributed by atoms with van der Waals surface area (Å²) in [6.07, 6.45) is 4.99. The van der Waals surface area contributed by atoms with E-state index in [0.29, 0.717) is 35.4 Å². The summed E-state index contributed by atoms with van der Waals surface area (Å²) in [7, 11) is 0. The predicted octanol–water partition coefficient (Wildman–Crippen LogP) is 2.92. The fourth-order valence-corrected chi connectivity index (χ4v) is 5.28. The Kier molecular flexibility index (Phi) is 7.50. The zero-order chi connectivity index (χ0) is 25.1. The van der Waals surface area contributed by atoms with E-state index in [2.05, 4.69) is 17.1 Å². The lowest BCUT2D eigenvalue weighted by molar-refractivity contribution is -0.837. The Bertz CT molecular complexity index is 1180. The molecule has 0 radical (unpaired) electrons. The van der Waals surface area contributed by atoms with E-state index in [1.807, 2.05) is 33.9 Å². The quantitative estimate of drug-likeness (QED) is 0.507. The summed E-state index contributed by atoms with van der Waals surface area (Å²) in [6.45, 7) is 6.07. The summed E-state index contributed by atoms with van der Waals surface area (Å²) in [5.74, 6) is -0.171. The van der Waals surface area contributed by atoms with Crippen molar-refractivity contribution in [1.82, 2.24) is 14.5 Å². The van der Waals surface area contributed by atoms with Gasteiger partial charge < -0.3 is 23.7 Å². The lowest BCUT2D eigenvalue weighted by Gasteiger charge is -2.31.